The maximum atomic E-state index is 13.1. The fourth-order valence-electron chi connectivity index (χ4n) is 5.07. The molecular formula is C25H31Cl2N5O2S. The average molecular weight is 537 g/mol. The van der Waals surface area contributed by atoms with Crippen molar-refractivity contribution in [1.29, 1.82) is 0 Å². The third-order valence-electron chi connectivity index (χ3n) is 7.06. The summed E-state index contributed by atoms with van der Waals surface area (Å²) in [7, 11) is 4.21. The second-order valence-electron chi connectivity index (χ2n) is 9.61. The number of fused-ring (bicyclic) bond motifs is 2. The van der Waals surface area contributed by atoms with E-state index in [0.717, 1.165) is 61.5 Å². The molecule has 1 saturated carbocycles. The minimum atomic E-state index is -0.169. The Kier molecular flexibility index (Phi) is 8.06. The number of nitrogens with zero attached hydrogens (tertiary/aromatic N) is 2. The van der Waals surface area contributed by atoms with Gasteiger partial charge in [0.15, 0.2) is 5.01 Å². The molecule has 2 heterocycles. The van der Waals surface area contributed by atoms with Gasteiger partial charge < -0.3 is 20.5 Å². The lowest BCUT2D eigenvalue weighted by molar-refractivity contribution is 0.0860. The van der Waals surface area contributed by atoms with Gasteiger partial charge in [0.05, 0.1) is 5.69 Å². The van der Waals surface area contributed by atoms with Crippen molar-refractivity contribution in [2.24, 2.45) is 0 Å². The van der Waals surface area contributed by atoms with Crippen molar-refractivity contribution in [2.45, 2.75) is 63.1 Å². The van der Waals surface area contributed by atoms with E-state index in [9.17, 15) is 9.59 Å². The van der Waals surface area contributed by atoms with Crippen LogP contribution in [0.1, 0.15) is 63.0 Å². The van der Waals surface area contributed by atoms with Crippen molar-refractivity contribution in [1.82, 2.24) is 25.5 Å². The van der Waals surface area contributed by atoms with Gasteiger partial charge in [-0.15, -0.1) is 23.7 Å². The molecule has 0 spiro atoms. The Balaban J connectivity index is 0.00000289. The number of rotatable bonds is 5. The molecule has 2 aliphatic rings. The molecule has 35 heavy (non-hydrogen) atoms. The van der Waals surface area contributed by atoms with E-state index in [1.54, 1.807) is 6.07 Å². The fourth-order valence-corrected chi connectivity index (χ4v) is 6.34. The minimum Gasteiger partial charge on any atom is -0.351 e. The zero-order valence-corrected chi connectivity index (χ0v) is 22.3. The van der Waals surface area contributed by atoms with E-state index in [-0.39, 0.29) is 36.3 Å². The first-order valence-electron chi connectivity index (χ1n) is 11.9. The van der Waals surface area contributed by atoms with E-state index >= 15 is 0 Å². The molecule has 3 unspecified atom stereocenters. The molecule has 0 aliphatic heterocycles. The Labute approximate surface area is 220 Å². The molecular weight excluding hydrogens is 505 g/mol. The molecule has 2 aromatic heterocycles. The van der Waals surface area contributed by atoms with E-state index in [2.05, 4.69) is 39.6 Å². The van der Waals surface area contributed by atoms with Crippen molar-refractivity contribution < 1.29 is 9.59 Å². The molecule has 1 aromatic carbocycles. The van der Waals surface area contributed by atoms with Crippen LogP contribution in [0.25, 0.3) is 10.9 Å². The first-order valence-corrected chi connectivity index (χ1v) is 13.1. The van der Waals surface area contributed by atoms with Crippen LogP contribution < -0.4 is 10.6 Å². The summed E-state index contributed by atoms with van der Waals surface area (Å²) in [4.78, 5) is 37.4. The molecule has 5 rings (SSSR count). The quantitative estimate of drug-likeness (QED) is 0.445. The second kappa shape index (κ2) is 10.9. The molecule has 1 fully saturated rings. The third-order valence-corrected chi connectivity index (χ3v) is 8.42. The third kappa shape index (κ3) is 5.66. The number of amides is 2. The van der Waals surface area contributed by atoms with Gasteiger partial charge in [-0.2, -0.15) is 0 Å². The number of hydrogen-bond donors (Lipinski definition) is 3. The van der Waals surface area contributed by atoms with E-state index in [0.29, 0.717) is 21.8 Å². The van der Waals surface area contributed by atoms with Gasteiger partial charge in [0.2, 0.25) is 0 Å². The van der Waals surface area contributed by atoms with Crippen LogP contribution in [0.3, 0.4) is 0 Å². The number of carbonyl (C=O) groups is 2. The Morgan fingerprint density at radius 1 is 1.09 bits per heavy atom. The summed E-state index contributed by atoms with van der Waals surface area (Å²) in [5.74, 6) is -0.301. The van der Waals surface area contributed by atoms with E-state index in [1.165, 1.54) is 16.2 Å². The summed E-state index contributed by atoms with van der Waals surface area (Å²) in [5.41, 5.74) is 2.43. The number of aromatic nitrogens is 2. The zero-order chi connectivity index (χ0) is 23.8. The van der Waals surface area contributed by atoms with Crippen LogP contribution in [0.4, 0.5) is 0 Å². The second-order valence-corrected chi connectivity index (χ2v) is 11.1. The Hall–Kier alpha value is -2.13. The summed E-state index contributed by atoms with van der Waals surface area (Å²) < 4.78 is 0. The van der Waals surface area contributed by atoms with E-state index in [1.807, 2.05) is 18.2 Å². The predicted octanol–water partition coefficient (Wildman–Crippen LogP) is 4.59. The van der Waals surface area contributed by atoms with E-state index in [4.69, 9.17) is 11.6 Å². The van der Waals surface area contributed by atoms with Gasteiger partial charge in [0, 0.05) is 38.9 Å². The van der Waals surface area contributed by atoms with Crippen LogP contribution in [-0.4, -0.2) is 58.9 Å². The molecule has 3 aromatic rings. The molecule has 10 heteroatoms. The lowest BCUT2D eigenvalue weighted by Gasteiger charge is -2.32. The first-order chi connectivity index (χ1) is 16.4. The summed E-state index contributed by atoms with van der Waals surface area (Å²) >= 11 is 7.59. The Morgan fingerprint density at radius 3 is 2.51 bits per heavy atom. The maximum absolute atomic E-state index is 13.1. The van der Waals surface area contributed by atoms with Crippen LogP contribution in [0.5, 0.6) is 0 Å². The zero-order valence-electron chi connectivity index (χ0n) is 19.9. The van der Waals surface area contributed by atoms with Crippen LogP contribution >= 0.6 is 35.3 Å². The van der Waals surface area contributed by atoms with Gasteiger partial charge in [-0.25, -0.2) is 4.98 Å². The van der Waals surface area contributed by atoms with Gasteiger partial charge in [-0.3, -0.25) is 9.59 Å². The predicted molar refractivity (Wildman–Crippen MR) is 143 cm³/mol. The normalized spacial score (nSPS) is 21.9. The molecule has 3 atom stereocenters. The number of aryl methyl sites for hydroxylation is 1. The van der Waals surface area contributed by atoms with Crippen LogP contribution in [-0.2, 0) is 12.8 Å². The molecule has 3 N–H and O–H groups in total. The SMILES string of the molecule is CN(C)C1CCc2nc(C(=O)NC3CCCCC3NC(=O)c3cc4cc(Cl)ccc4[nH]3)sc2C1.Cl. The first kappa shape index (κ1) is 25.9. The lowest BCUT2D eigenvalue weighted by atomic mass is 9.90. The minimum absolute atomic E-state index is 0. The monoisotopic (exact) mass is 535 g/mol. The summed E-state index contributed by atoms with van der Waals surface area (Å²) in [6.07, 6.45) is 6.67. The number of carbonyl (C=O) groups excluding carboxylic acids is 2. The number of nitrogens with one attached hydrogen (secondary N) is 3. The Morgan fingerprint density at radius 2 is 1.80 bits per heavy atom. The van der Waals surface area contributed by atoms with Gasteiger partial charge >= 0.3 is 0 Å². The standard InChI is InChI=1S/C25H30ClN5O2S.ClH/c1-31(2)16-8-10-20-22(13-16)34-25(30-20)24(33)29-19-6-4-3-5-18(19)28-23(32)21-12-14-11-15(26)7-9-17(14)27-21;/h7,9,11-12,16,18-19,27H,3-6,8,10,13H2,1-2H3,(H,28,32)(H,29,33);1H. The van der Waals surface area contributed by atoms with Crippen LogP contribution in [0, 0.1) is 0 Å². The van der Waals surface area contributed by atoms with Crippen molar-refractivity contribution in [3.8, 4) is 0 Å². The number of benzene rings is 1. The smallest absolute Gasteiger partial charge is 0.280 e. The number of likely N-dealkylation sites (N-methyl/N-ethyl adjacent to an activating group) is 1. The maximum Gasteiger partial charge on any atom is 0.280 e. The molecule has 0 saturated heterocycles. The Bertz CT molecular complexity index is 1220. The topological polar surface area (TPSA) is 90.1 Å². The van der Waals surface area contributed by atoms with Crippen molar-refractivity contribution in [3.63, 3.8) is 0 Å². The molecule has 2 amide bonds. The van der Waals surface area contributed by atoms with Crippen LogP contribution in [0.15, 0.2) is 24.3 Å². The number of hydrogen-bond acceptors (Lipinski definition) is 5. The number of H-pyrrole nitrogens is 1. The highest BCUT2D eigenvalue weighted by atomic mass is 35.5. The number of halogens is 2. The van der Waals surface area contributed by atoms with Crippen LogP contribution in [0.2, 0.25) is 5.02 Å². The molecule has 188 valence electrons. The average Bonchev–Trinajstić information content (AvgIpc) is 3.43. The molecule has 2 aliphatic carbocycles. The summed E-state index contributed by atoms with van der Waals surface area (Å²) in [6.45, 7) is 0. The lowest BCUT2D eigenvalue weighted by Crippen LogP contribution is -2.53. The number of thiazole rings is 1. The van der Waals surface area contributed by atoms with Gasteiger partial charge in [0.1, 0.15) is 5.69 Å². The highest BCUT2D eigenvalue weighted by Gasteiger charge is 2.31. The highest BCUT2D eigenvalue weighted by molar-refractivity contribution is 7.13. The van der Waals surface area contributed by atoms with Crippen molar-refractivity contribution in [2.75, 3.05) is 14.1 Å². The number of aromatic amines is 1. The summed E-state index contributed by atoms with van der Waals surface area (Å²) in [5, 5.41) is 8.39. The van der Waals surface area contributed by atoms with Gasteiger partial charge in [-0.1, -0.05) is 24.4 Å². The van der Waals surface area contributed by atoms with Crippen molar-refractivity contribution in [3.05, 3.63) is 50.6 Å². The largest absolute Gasteiger partial charge is 0.351 e. The van der Waals surface area contributed by atoms with E-state index < -0.39 is 0 Å². The fraction of sp³-hybridized carbons (Fsp3) is 0.480. The highest BCUT2D eigenvalue weighted by Crippen LogP contribution is 2.29. The molecule has 7 nitrogen and oxygen atoms in total. The van der Waals surface area contributed by atoms with Crippen molar-refractivity contribution >= 4 is 58.1 Å². The summed E-state index contributed by atoms with van der Waals surface area (Å²) in [6, 6.07) is 7.59. The molecule has 0 bridgehead atoms. The van der Waals surface area contributed by atoms with Gasteiger partial charge in [-0.05, 0) is 70.5 Å². The van der Waals surface area contributed by atoms with Gasteiger partial charge in [0.25, 0.3) is 11.8 Å². The molecule has 0 radical (unpaired) electrons.